The van der Waals surface area contributed by atoms with Crippen LogP contribution >= 0.6 is 0 Å². The lowest BCUT2D eigenvalue weighted by atomic mass is 10.0. The van der Waals surface area contributed by atoms with Crippen molar-refractivity contribution in [1.29, 1.82) is 0 Å². The molecule has 3 aromatic rings. The van der Waals surface area contributed by atoms with Gasteiger partial charge < -0.3 is 10.1 Å². The van der Waals surface area contributed by atoms with Crippen molar-refractivity contribution < 1.29 is 9.53 Å². The maximum atomic E-state index is 12.1. The summed E-state index contributed by atoms with van der Waals surface area (Å²) in [6.07, 6.45) is 2.28. The first-order valence-electron chi connectivity index (χ1n) is 9.28. The van der Waals surface area contributed by atoms with E-state index in [0.717, 1.165) is 24.2 Å². The lowest BCUT2D eigenvalue weighted by Crippen LogP contribution is -2.26. The summed E-state index contributed by atoms with van der Waals surface area (Å²) in [6.45, 7) is 0.687. The summed E-state index contributed by atoms with van der Waals surface area (Å²) >= 11 is 0. The van der Waals surface area contributed by atoms with E-state index < -0.39 is 0 Å². The average molecular weight is 359 g/mol. The summed E-state index contributed by atoms with van der Waals surface area (Å²) in [5.74, 6) is 0.933. The van der Waals surface area contributed by atoms with E-state index in [1.807, 2.05) is 42.5 Å². The predicted octanol–water partition coefficient (Wildman–Crippen LogP) is 4.65. The Bertz CT molecular complexity index is 840. The van der Waals surface area contributed by atoms with Gasteiger partial charge in [0, 0.05) is 6.54 Å². The number of rotatable bonds is 8. The van der Waals surface area contributed by atoms with E-state index in [1.54, 1.807) is 7.11 Å². The minimum Gasteiger partial charge on any atom is -0.497 e. The van der Waals surface area contributed by atoms with Gasteiger partial charge in [-0.3, -0.25) is 4.79 Å². The van der Waals surface area contributed by atoms with E-state index in [-0.39, 0.29) is 5.91 Å². The van der Waals surface area contributed by atoms with Gasteiger partial charge in [-0.1, -0.05) is 66.7 Å². The number of hydrogen-bond donors (Lipinski definition) is 1. The molecule has 0 heterocycles. The number of aryl methyl sites for hydroxylation is 1. The number of amides is 1. The topological polar surface area (TPSA) is 38.3 Å². The van der Waals surface area contributed by atoms with Crippen molar-refractivity contribution in [3.8, 4) is 16.9 Å². The highest BCUT2D eigenvalue weighted by Crippen LogP contribution is 2.19. The van der Waals surface area contributed by atoms with Crippen LogP contribution in [-0.2, 0) is 17.6 Å². The fraction of sp³-hybridized carbons (Fsp3) is 0.208. The zero-order valence-corrected chi connectivity index (χ0v) is 15.7. The van der Waals surface area contributed by atoms with Gasteiger partial charge in [-0.2, -0.15) is 0 Å². The molecular weight excluding hydrogens is 334 g/mol. The fourth-order valence-electron chi connectivity index (χ4n) is 3.01. The van der Waals surface area contributed by atoms with Gasteiger partial charge in [-0.15, -0.1) is 0 Å². The smallest absolute Gasteiger partial charge is 0.224 e. The van der Waals surface area contributed by atoms with Gasteiger partial charge in [0.2, 0.25) is 5.91 Å². The van der Waals surface area contributed by atoms with E-state index in [0.29, 0.717) is 13.0 Å². The number of carbonyl (C=O) groups excluding carboxylic acids is 1. The maximum absolute atomic E-state index is 12.1. The first-order chi connectivity index (χ1) is 13.2. The molecule has 0 spiro atoms. The molecule has 3 rings (SSSR count). The first kappa shape index (κ1) is 18.7. The summed E-state index contributed by atoms with van der Waals surface area (Å²) in [7, 11) is 1.67. The summed E-state index contributed by atoms with van der Waals surface area (Å²) in [4.78, 5) is 12.1. The molecule has 0 aromatic heterocycles. The molecule has 0 aliphatic heterocycles. The number of methoxy groups -OCH3 is 1. The Morgan fingerprint density at radius 3 is 2.11 bits per heavy atom. The fourth-order valence-corrected chi connectivity index (χ4v) is 3.01. The van der Waals surface area contributed by atoms with Gasteiger partial charge in [-0.25, -0.2) is 0 Å². The lowest BCUT2D eigenvalue weighted by Gasteiger charge is -2.07. The largest absolute Gasteiger partial charge is 0.497 e. The molecule has 0 unspecified atom stereocenters. The van der Waals surface area contributed by atoms with Crippen molar-refractivity contribution in [3.63, 3.8) is 0 Å². The Kier molecular flexibility index (Phi) is 6.64. The third kappa shape index (κ3) is 5.71. The Labute approximate surface area is 161 Å². The Hall–Kier alpha value is -3.07. The van der Waals surface area contributed by atoms with Crippen LogP contribution in [0.25, 0.3) is 11.1 Å². The second-order valence-electron chi connectivity index (χ2n) is 6.54. The van der Waals surface area contributed by atoms with Gasteiger partial charge in [0.05, 0.1) is 13.5 Å². The van der Waals surface area contributed by atoms with Crippen LogP contribution in [0.4, 0.5) is 0 Å². The quantitative estimate of drug-likeness (QED) is 0.594. The summed E-state index contributed by atoms with van der Waals surface area (Å²) in [6, 6.07) is 26.5. The molecule has 0 aliphatic rings. The van der Waals surface area contributed by atoms with E-state index in [2.05, 4.69) is 41.7 Å². The molecule has 1 amide bonds. The van der Waals surface area contributed by atoms with Gasteiger partial charge in [0.15, 0.2) is 0 Å². The number of carbonyl (C=O) groups is 1. The van der Waals surface area contributed by atoms with E-state index in [9.17, 15) is 4.79 Å². The second-order valence-corrected chi connectivity index (χ2v) is 6.54. The third-order valence-electron chi connectivity index (χ3n) is 4.55. The van der Waals surface area contributed by atoms with Crippen LogP contribution in [0.2, 0.25) is 0 Å². The van der Waals surface area contributed by atoms with Crippen LogP contribution in [0, 0.1) is 0 Å². The number of nitrogens with one attached hydrogen (secondary N) is 1. The molecule has 27 heavy (non-hydrogen) atoms. The molecule has 0 atom stereocenters. The van der Waals surface area contributed by atoms with E-state index >= 15 is 0 Å². The van der Waals surface area contributed by atoms with Crippen molar-refractivity contribution in [2.24, 2.45) is 0 Å². The van der Waals surface area contributed by atoms with E-state index in [1.165, 1.54) is 16.7 Å². The SMILES string of the molecule is COc1ccc(CCCNC(=O)Cc2ccc(-c3ccccc3)cc2)cc1. The zero-order chi connectivity index (χ0) is 18.9. The number of hydrogen-bond acceptors (Lipinski definition) is 2. The van der Waals surface area contributed by atoms with Gasteiger partial charge in [0.25, 0.3) is 0 Å². The van der Waals surface area contributed by atoms with Crippen LogP contribution in [0.3, 0.4) is 0 Å². The molecule has 0 fully saturated rings. The van der Waals surface area contributed by atoms with Crippen molar-refractivity contribution in [1.82, 2.24) is 5.32 Å². The van der Waals surface area contributed by atoms with Gasteiger partial charge in [0.1, 0.15) is 5.75 Å². The highest BCUT2D eigenvalue weighted by Gasteiger charge is 2.04. The molecule has 0 saturated heterocycles. The molecule has 0 bridgehead atoms. The van der Waals surface area contributed by atoms with Gasteiger partial charge in [-0.05, 0) is 47.2 Å². The molecule has 0 aliphatic carbocycles. The minimum absolute atomic E-state index is 0.0668. The van der Waals surface area contributed by atoms with Crippen LogP contribution in [0.1, 0.15) is 17.5 Å². The molecule has 3 nitrogen and oxygen atoms in total. The molecule has 138 valence electrons. The first-order valence-corrected chi connectivity index (χ1v) is 9.28. The summed E-state index contributed by atoms with van der Waals surface area (Å²) in [5, 5.41) is 3.01. The number of benzene rings is 3. The molecule has 3 aromatic carbocycles. The minimum atomic E-state index is 0.0668. The normalized spacial score (nSPS) is 10.4. The van der Waals surface area contributed by atoms with Crippen LogP contribution in [0.15, 0.2) is 78.9 Å². The van der Waals surface area contributed by atoms with Crippen molar-refractivity contribution in [2.75, 3.05) is 13.7 Å². The zero-order valence-electron chi connectivity index (χ0n) is 15.7. The summed E-state index contributed by atoms with van der Waals surface area (Å²) < 4.78 is 5.16. The highest BCUT2D eigenvalue weighted by atomic mass is 16.5. The van der Waals surface area contributed by atoms with Crippen LogP contribution < -0.4 is 10.1 Å². The summed E-state index contributed by atoms with van der Waals surface area (Å²) in [5.41, 5.74) is 4.63. The lowest BCUT2D eigenvalue weighted by molar-refractivity contribution is -0.120. The monoisotopic (exact) mass is 359 g/mol. The standard InChI is InChI=1S/C24H25NO2/c1-27-23-15-11-19(12-16-23)6-5-17-25-24(26)18-20-9-13-22(14-10-20)21-7-3-2-4-8-21/h2-4,7-16H,5-6,17-18H2,1H3,(H,25,26). The van der Waals surface area contributed by atoms with Crippen molar-refractivity contribution >= 4 is 5.91 Å². The third-order valence-corrected chi connectivity index (χ3v) is 4.55. The van der Waals surface area contributed by atoms with E-state index in [4.69, 9.17) is 4.74 Å². The predicted molar refractivity (Wildman–Crippen MR) is 110 cm³/mol. The molecule has 1 N–H and O–H groups in total. The average Bonchev–Trinajstić information content (AvgIpc) is 2.73. The van der Waals surface area contributed by atoms with Crippen LogP contribution in [-0.4, -0.2) is 19.6 Å². The number of ether oxygens (including phenoxy) is 1. The molecule has 3 heteroatoms. The van der Waals surface area contributed by atoms with Crippen molar-refractivity contribution in [2.45, 2.75) is 19.3 Å². The van der Waals surface area contributed by atoms with Crippen LogP contribution in [0.5, 0.6) is 5.75 Å². The maximum Gasteiger partial charge on any atom is 0.224 e. The Balaban J connectivity index is 1.41. The Morgan fingerprint density at radius 2 is 1.44 bits per heavy atom. The van der Waals surface area contributed by atoms with Crippen molar-refractivity contribution in [3.05, 3.63) is 90.0 Å². The Morgan fingerprint density at radius 1 is 0.815 bits per heavy atom. The second kappa shape index (κ2) is 9.58. The molecular formula is C24H25NO2. The highest BCUT2D eigenvalue weighted by molar-refractivity contribution is 5.78. The van der Waals surface area contributed by atoms with Gasteiger partial charge >= 0.3 is 0 Å². The molecule has 0 saturated carbocycles. The molecule has 0 radical (unpaired) electrons.